The molecule has 0 saturated heterocycles. The third kappa shape index (κ3) is 4.41. The molecule has 6 heteroatoms. The van der Waals surface area contributed by atoms with Crippen LogP contribution in [0.4, 0.5) is 4.39 Å². The zero-order valence-electron chi connectivity index (χ0n) is 19.8. The van der Waals surface area contributed by atoms with E-state index in [0.717, 1.165) is 53.4 Å². The van der Waals surface area contributed by atoms with Crippen molar-refractivity contribution in [2.24, 2.45) is 5.92 Å². The SMILES string of the molecule is CC(C)OC(=O)c1ccc2nc(C(C)C3CCC(c4ccnc5ccc(F)cc45)CC3)[nH]c2c1. The molecule has 5 nitrogen and oxygen atoms in total. The van der Waals surface area contributed by atoms with Crippen LogP contribution in [-0.2, 0) is 4.74 Å². The van der Waals surface area contributed by atoms with Gasteiger partial charge in [-0.1, -0.05) is 6.92 Å². The molecule has 2 heterocycles. The maximum absolute atomic E-state index is 13.9. The first-order valence-corrected chi connectivity index (χ1v) is 12.1. The van der Waals surface area contributed by atoms with E-state index in [1.807, 2.05) is 32.2 Å². The number of esters is 1. The van der Waals surface area contributed by atoms with Crippen molar-refractivity contribution < 1.29 is 13.9 Å². The van der Waals surface area contributed by atoms with Gasteiger partial charge in [-0.25, -0.2) is 14.2 Å². The molecule has 1 aliphatic carbocycles. The Kier molecular flexibility index (Phi) is 6.07. The number of benzene rings is 2. The van der Waals surface area contributed by atoms with Crippen molar-refractivity contribution in [1.82, 2.24) is 15.0 Å². The van der Waals surface area contributed by atoms with Crippen LogP contribution in [0.25, 0.3) is 21.9 Å². The molecule has 1 saturated carbocycles. The van der Waals surface area contributed by atoms with Crippen LogP contribution in [0.3, 0.4) is 0 Å². The smallest absolute Gasteiger partial charge is 0.338 e. The summed E-state index contributed by atoms with van der Waals surface area (Å²) >= 11 is 0. The molecule has 1 unspecified atom stereocenters. The van der Waals surface area contributed by atoms with Gasteiger partial charge in [0.2, 0.25) is 0 Å². The lowest BCUT2D eigenvalue weighted by Gasteiger charge is -2.32. The number of fused-ring (bicyclic) bond motifs is 2. The minimum atomic E-state index is -0.317. The van der Waals surface area contributed by atoms with Gasteiger partial charge >= 0.3 is 5.97 Å². The van der Waals surface area contributed by atoms with Crippen LogP contribution in [0.5, 0.6) is 0 Å². The molecule has 1 aliphatic rings. The number of rotatable bonds is 5. The fraction of sp³-hybridized carbons (Fsp3) is 0.393. The van der Waals surface area contributed by atoms with E-state index in [1.165, 1.54) is 11.6 Å². The Labute approximate surface area is 198 Å². The Morgan fingerprint density at radius 1 is 1.03 bits per heavy atom. The summed E-state index contributed by atoms with van der Waals surface area (Å²) in [5.74, 6) is 1.65. The van der Waals surface area contributed by atoms with Crippen molar-refractivity contribution in [3.05, 3.63) is 71.4 Å². The number of carbonyl (C=O) groups is 1. The fourth-order valence-corrected chi connectivity index (χ4v) is 5.30. The monoisotopic (exact) mass is 459 g/mol. The molecule has 1 fully saturated rings. The van der Waals surface area contributed by atoms with Gasteiger partial charge in [-0.05, 0) is 99.4 Å². The fourth-order valence-electron chi connectivity index (χ4n) is 5.30. The second-order valence-corrected chi connectivity index (χ2v) is 9.77. The predicted octanol–water partition coefficient (Wildman–Crippen LogP) is 6.89. The molecular weight excluding hydrogens is 429 g/mol. The van der Waals surface area contributed by atoms with E-state index in [1.54, 1.807) is 18.2 Å². The van der Waals surface area contributed by atoms with E-state index in [0.29, 0.717) is 17.4 Å². The molecule has 2 aromatic carbocycles. The molecule has 2 aromatic heterocycles. The van der Waals surface area contributed by atoms with Crippen LogP contribution in [0, 0.1) is 11.7 Å². The third-order valence-electron chi connectivity index (χ3n) is 7.17. The van der Waals surface area contributed by atoms with Crippen LogP contribution in [-0.4, -0.2) is 27.0 Å². The highest BCUT2D eigenvalue weighted by Gasteiger charge is 2.29. The van der Waals surface area contributed by atoms with Crippen molar-refractivity contribution in [2.75, 3.05) is 0 Å². The normalized spacial score (nSPS) is 19.6. The Bertz CT molecular complexity index is 1340. The van der Waals surface area contributed by atoms with Crippen molar-refractivity contribution in [2.45, 2.75) is 64.4 Å². The number of carbonyl (C=O) groups excluding carboxylic acids is 1. The summed E-state index contributed by atoms with van der Waals surface area (Å²) in [4.78, 5) is 24.9. The van der Waals surface area contributed by atoms with Gasteiger partial charge in [-0.3, -0.25) is 4.98 Å². The van der Waals surface area contributed by atoms with Gasteiger partial charge in [-0.2, -0.15) is 0 Å². The Balaban J connectivity index is 1.30. The molecule has 0 amide bonds. The quantitative estimate of drug-likeness (QED) is 0.330. The molecule has 0 radical (unpaired) electrons. The average molecular weight is 460 g/mol. The van der Waals surface area contributed by atoms with Crippen LogP contribution in [0.15, 0.2) is 48.7 Å². The number of hydrogen-bond acceptors (Lipinski definition) is 4. The first kappa shape index (κ1) is 22.5. The summed E-state index contributed by atoms with van der Waals surface area (Å²) < 4.78 is 19.2. The van der Waals surface area contributed by atoms with Gasteiger partial charge in [0.15, 0.2) is 0 Å². The van der Waals surface area contributed by atoms with Gasteiger partial charge in [-0.15, -0.1) is 0 Å². The van der Waals surface area contributed by atoms with Crippen molar-refractivity contribution in [1.29, 1.82) is 0 Å². The van der Waals surface area contributed by atoms with Crippen LogP contribution in [0.1, 0.15) is 80.0 Å². The molecule has 1 atom stereocenters. The Morgan fingerprint density at radius 3 is 2.56 bits per heavy atom. The van der Waals surface area contributed by atoms with Gasteiger partial charge in [0.1, 0.15) is 11.6 Å². The van der Waals surface area contributed by atoms with E-state index in [9.17, 15) is 9.18 Å². The van der Waals surface area contributed by atoms with Gasteiger partial charge in [0.05, 0.1) is 28.2 Å². The maximum atomic E-state index is 13.9. The number of pyridine rings is 1. The summed E-state index contributed by atoms with van der Waals surface area (Å²) in [7, 11) is 0. The van der Waals surface area contributed by atoms with E-state index in [-0.39, 0.29) is 23.8 Å². The lowest BCUT2D eigenvalue weighted by Crippen LogP contribution is -2.19. The van der Waals surface area contributed by atoms with Gasteiger partial charge < -0.3 is 9.72 Å². The summed E-state index contributed by atoms with van der Waals surface area (Å²) in [6, 6.07) is 12.4. The Morgan fingerprint density at radius 2 is 1.79 bits per heavy atom. The predicted molar refractivity (Wildman–Crippen MR) is 131 cm³/mol. The van der Waals surface area contributed by atoms with Crippen molar-refractivity contribution >= 4 is 27.9 Å². The molecule has 5 rings (SSSR count). The van der Waals surface area contributed by atoms with E-state index in [4.69, 9.17) is 9.72 Å². The first-order chi connectivity index (χ1) is 16.4. The first-order valence-electron chi connectivity index (χ1n) is 12.1. The highest BCUT2D eigenvalue weighted by atomic mass is 19.1. The van der Waals surface area contributed by atoms with Gasteiger partial charge in [0, 0.05) is 17.5 Å². The topological polar surface area (TPSA) is 67.9 Å². The van der Waals surface area contributed by atoms with E-state index >= 15 is 0 Å². The zero-order valence-corrected chi connectivity index (χ0v) is 19.8. The van der Waals surface area contributed by atoms with Crippen LogP contribution >= 0.6 is 0 Å². The summed E-state index contributed by atoms with van der Waals surface area (Å²) in [6.07, 6.45) is 6.00. The lowest BCUT2D eigenvalue weighted by molar-refractivity contribution is 0.0378. The summed E-state index contributed by atoms with van der Waals surface area (Å²) in [5.41, 5.74) is 4.32. The molecule has 34 heavy (non-hydrogen) atoms. The lowest BCUT2D eigenvalue weighted by atomic mass is 9.73. The second-order valence-electron chi connectivity index (χ2n) is 9.77. The molecule has 4 aromatic rings. The minimum absolute atomic E-state index is 0.153. The summed E-state index contributed by atoms with van der Waals surface area (Å²) in [6.45, 7) is 5.92. The molecule has 0 aliphatic heterocycles. The van der Waals surface area contributed by atoms with Crippen molar-refractivity contribution in [3.8, 4) is 0 Å². The second kappa shape index (κ2) is 9.16. The third-order valence-corrected chi connectivity index (χ3v) is 7.17. The molecule has 0 bridgehead atoms. The van der Waals surface area contributed by atoms with Crippen molar-refractivity contribution in [3.63, 3.8) is 0 Å². The van der Waals surface area contributed by atoms with Crippen LogP contribution < -0.4 is 0 Å². The summed E-state index contributed by atoms with van der Waals surface area (Å²) in [5, 5.41) is 0.933. The molecule has 0 spiro atoms. The number of nitrogens with one attached hydrogen (secondary N) is 1. The van der Waals surface area contributed by atoms with E-state index in [2.05, 4.69) is 23.0 Å². The standard InChI is InChI=1S/C28H30FN3O2/c1-16(2)34-28(33)20-8-10-25-26(14-20)32-27(31-25)17(3)18-4-6-19(7-5-18)22-12-13-30-24-11-9-21(29)15-23(22)24/h8-19H,4-7H2,1-3H3,(H,31,32). The van der Waals surface area contributed by atoms with Gasteiger partial charge in [0.25, 0.3) is 0 Å². The largest absolute Gasteiger partial charge is 0.459 e. The number of hydrogen-bond donors (Lipinski definition) is 1. The number of halogens is 1. The highest BCUT2D eigenvalue weighted by Crippen LogP contribution is 2.43. The highest BCUT2D eigenvalue weighted by molar-refractivity contribution is 5.93. The number of aromatic nitrogens is 3. The number of nitrogens with zero attached hydrogens (tertiary/aromatic N) is 2. The number of aromatic amines is 1. The number of imidazole rings is 1. The zero-order chi connectivity index (χ0) is 23.8. The molecule has 176 valence electrons. The number of H-pyrrole nitrogens is 1. The maximum Gasteiger partial charge on any atom is 0.338 e. The van der Waals surface area contributed by atoms with E-state index < -0.39 is 0 Å². The molecular formula is C28H30FN3O2. The number of ether oxygens (including phenoxy) is 1. The Hall–Kier alpha value is -3.28. The van der Waals surface area contributed by atoms with Crippen LogP contribution in [0.2, 0.25) is 0 Å². The molecule has 1 N–H and O–H groups in total. The average Bonchev–Trinajstić information content (AvgIpc) is 3.26. The minimum Gasteiger partial charge on any atom is -0.459 e.